The topological polar surface area (TPSA) is 88.8 Å². The van der Waals surface area contributed by atoms with Crippen LogP contribution >= 0.6 is 0 Å². The van der Waals surface area contributed by atoms with E-state index in [0.29, 0.717) is 13.3 Å². The highest BCUT2D eigenvalue weighted by Crippen LogP contribution is 2.32. The molecule has 2 aliphatic heterocycles. The fourth-order valence-corrected chi connectivity index (χ4v) is 3.67. The Labute approximate surface area is 162 Å². The van der Waals surface area contributed by atoms with Crippen molar-refractivity contribution in [3.63, 3.8) is 0 Å². The number of hydrogen-bond donors (Lipinski definition) is 1. The first kappa shape index (κ1) is 17.2. The molecule has 1 saturated heterocycles. The SMILES string of the molecule is OCCn1cnc2cnc(N3CCN(Cc4ccc5c(c4)OCO5)CC3)nc21. The van der Waals surface area contributed by atoms with Gasteiger partial charge in [-0.15, -0.1) is 0 Å². The van der Waals surface area contributed by atoms with Gasteiger partial charge >= 0.3 is 0 Å². The molecule has 0 saturated carbocycles. The van der Waals surface area contributed by atoms with Gasteiger partial charge in [0.2, 0.25) is 12.7 Å². The van der Waals surface area contributed by atoms with Crippen molar-refractivity contribution < 1.29 is 14.6 Å². The van der Waals surface area contributed by atoms with E-state index in [4.69, 9.17) is 9.47 Å². The quantitative estimate of drug-likeness (QED) is 0.695. The predicted molar refractivity (Wildman–Crippen MR) is 102 cm³/mol. The summed E-state index contributed by atoms with van der Waals surface area (Å²) in [7, 11) is 0. The number of fused-ring (bicyclic) bond motifs is 2. The number of ether oxygens (including phenoxy) is 2. The van der Waals surface area contributed by atoms with Crippen LogP contribution in [0.4, 0.5) is 5.95 Å². The van der Waals surface area contributed by atoms with Gasteiger partial charge in [0.15, 0.2) is 17.1 Å². The third-order valence-corrected chi connectivity index (χ3v) is 5.18. The number of benzene rings is 1. The summed E-state index contributed by atoms with van der Waals surface area (Å²) in [6.45, 7) is 5.33. The number of rotatable bonds is 5. The Bertz CT molecular complexity index is 983. The molecule has 1 aromatic carbocycles. The minimum atomic E-state index is 0.0589. The van der Waals surface area contributed by atoms with E-state index in [1.54, 1.807) is 12.5 Å². The van der Waals surface area contributed by atoms with Crippen molar-refractivity contribution >= 4 is 17.1 Å². The molecular weight excluding hydrogens is 360 g/mol. The van der Waals surface area contributed by atoms with E-state index in [1.165, 1.54) is 5.56 Å². The van der Waals surface area contributed by atoms with E-state index < -0.39 is 0 Å². The van der Waals surface area contributed by atoms with E-state index >= 15 is 0 Å². The average Bonchev–Trinajstić information content (AvgIpc) is 3.35. The van der Waals surface area contributed by atoms with Gasteiger partial charge in [0.25, 0.3) is 0 Å². The fraction of sp³-hybridized carbons (Fsp3) is 0.421. The van der Waals surface area contributed by atoms with E-state index in [0.717, 1.165) is 61.3 Å². The van der Waals surface area contributed by atoms with Crippen molar-refractivity contribution in [1.29, 1.82) is 0 Å². The van der Waals surface area contributed by atoms with Gasteiger partial charge in [-0.05, 0) is 17.7 Å². The van der Waals surface area contributed by atoms with Crippen LogP contribution in [0.25, 0.3) is 11.2 Å². The molecule has 146 valence electrons. The number of nitrogens with zero attached hydrogens (tertiary/aromatic N) is 6. The second-order valence-electron chi connectivity index (χ2n) is 6.99. The summed E-state index contributed by atoms with van der Waals surface area (Å²) < 4.78 is 12.7. The standard InChI is InChI=1S/C19H22N6O3/c26-8-7-25-12-21-15-10-20-19(22-18(15)25)24-5-3-23(4-6-24)11-14-1-2-16-17(9-14)28-13-27-16/h1-2,9-10,12,26H,3-8,11,13H2. The second kappa shape index (κ2) is 7.25. The Kier molecular flexibility index (Phi) is 4.46. The number of aliphatic hydroxyl groups is 1. The maximum Gasteiger partial charge on any atom is 0.231 e. The molecule has 1 N–H and O–H groups in total. The molecule has 2 aromatic heterocycles. The van der Waals surface area contributed by atoms with Gasteiger partial charge in [-0.1, -0.05) is 6.07 Å². The summed E-state index contributed by atoms with van der Waals surface area (Å²) >= 11 is 0. The molecule has 0 aliphatic carbocycles. The zero-order chi connectivity index (χ0) is 18.9. The molecule has 1 fully saturated rings. The lowest BCUT2D eigenvalue weighted by atomic mass is 10.1. The molecule has 5 rings (SSSR count). The molecule has 0 unspecified atom stereocenters. The second-order valence-corrected chi connectivity index (χ2v) is 6.99. The first-order valence-corrected chi connectivity index (χ1v) is 9.45. The zero-order valence-corrected chi connectivity index (χ0v) is 15.5. The van der Waals surface area contributed by atoms with Crippen LogP contribution in [0.3, 0.4) is 0 Å². The van der Waals surface area contributed by atoms with Crippen LogP contribution in [0.2, 0.25) is 0 Å². The van der Waals surface area contributed by atoms with Gasteiger partial charge in [-0.3, -0.25) is 4.90 Å². The van der Waals surface area contributed by atoms with Gasteiger partial charge in [-0.25, -0.2) is 9.97 Å². The highest BCUT2D eigenvalue weighted by molar-refractivity contribution is 5.71. The number of hydrogen-bond acceptors (Lipinski definition) is 8. The minimum absolute atomic E-state index is 0.0589. The number of aliphatic hydroxyl groups excluding tert-OH is 1. The van der Waals surface area contributed by atoms with Crippen LogP contribution in [-0.2, 0) is 13.1 Å². The Hall–Kier alpha value is -2.91. The predicted octanol–water partition coefficient (Wildman–Crippen LogP) is 0.869. The molecule has 9 heteroatoms. The molecule has 4 heterocycles. The first-order valence-electron chi connectivity index (χ1n) is 9.45. The smallest absolute Gasteiger partial charge is 0.231 e. The summed E-state index contributed by atoms with van der Waals surface area (Å²) in [5, 5.41) is 9.19. The van der Waals surface area contributed by atoms with Crippen molar-refractivity contribution in [2.24, 2.45) is 0 Å². The van der Waals surface area contributed by atoms with Crippen molar-refractivity contribution in [1.82, 2.24) is 24.4 Å². The average molecular weight is 382 g/mol. The Morgan fingerprint density at radius 1 is 1.04 bits per heavy atom. The number of aromatic nitrogens is 4. The molecule has 0 spiro atoms. The van der Waals surface area contributed by atoms with E-state index in [2.05, 4.69) is 36.9 Å². The normalized spacial score (nSPS) is 16.8. The Morgan fingerprint density at radius 3 is 2.75 bits per heavy atom. The molecule has 0 atom stereocenters. The third-order valence-electron chi connectivity index (χ3n) is 5.18. The Morgan fingerprint density at radius 2 is 1.89 bits per heavy atom. The van der Waals surface area contributed by atoms with Gasteiger partial charge < -0.3 is 24.0 Å². The summed E-state index contributed by atoms with van der Waals surface area (Å²) in [5.74, 6) is 2.37. The van der Waals surface area contributed by atoms with Gasteiger partial charge in [0, 0.05) is 39.3 Å². The summed E-state index contributed by atoms with van der Waals surface area (Å²) in [4.78, 5) is 18.1. The number of imidazole rings is 1. The highest BCUT2D eigenvalue weighted by atomic mass is 16.7. The van der Waals surface area contributed by atoms with Crippen molar-refractivity contribution in [3.8, 4) is 11.5 Å². The van der Waals surface area contributed by atoms with Crippen LogP contribution in [-0.4, -0.2) is 69.1 Å². The van der Waals surface area contributed by atoms with Crippen LogP contribution < -0.4 is 14.4 Å². The van der Waals surface area contributed by atoms with Crippen LogP contribution in [0.15, 0.2) is 30.7 Å². The summed E-state index contributed by atoms with van der Waals surface area (Å²) in [5.41, 5.74) is 2.74. The zero-order valence-electron chi connectivity index (χ0n) is 15.5. The number of piperazine rings is 1. The highest BCUT2D eigenvalue weighted by Gasteiger charge is 2.21. The van der Waals surface area contributed by atoms with Gasteiger partial charge in [0.05, 0.1) is 19.1 Å². The lowest BCUT2D eigenvalue weighted by Gasteiger charge is -2.34. The molecule has 9 nitrogen and oxygen atoms in total. The third kappa shape index (κ3) is 3.23. The molecule has 0 amide bonds. The number of anilines is 1. The summed E-state index contributed by atoms with van der Waals surface area (Å²) in [6.07, 6.45) is 3.45. The molecular formula is C19H22N6O3. The largest absolute Gasteiger partial charge is 0.454 e. The Balaban J connectivity index is 1.24. The minimum Gasteiger partial charge on any atom is -0.454 e. The molecule has 3 aromatic rings. The van der Waals surface area contributed by atoms with Crippen molar-refractivity contribution in [2.45, 2.75) is 13.1 Å². The molecule has 0 radical (unpaired) electrons. The van der Waals surface area contributed by atoms with E-state index in [-0.39, 0.29) is 6.61 Å². The van der Waals surface area contributed by atoms with Crippen molar-refractivity contribution in [3.05, 3.63) is 36.3 Å². The van der Waals surface area contributed by atoms with Gasteiger partial charge in [-0.2, -0.15) is 4.98 Å². The molecule has 2 aliphatic rings. The van der Waals surface area contributed by atoms with Crippen LogP contribution in [0, 0.1) is 0 Å². The maximum absolute atomic E-state index is 9.19. The lowest BCUT2D eigenvalue weighted by Crippen LogP contribution is -2.46. The van der Waals surface area contributed by atoms with Gasteiger partial charge in [0.1, 0.15) is 5.52 Å². The van der Waals surface area contributed by atoms with Crippen LogP contribution in [0.5, 0.6) is 11.5 Å². The monoisotopic (exact) mass is 382 g/mol. The fourth-order valence-electron chi connectivity index (χ4n) is 3.67. The lowest BCUT2D eigenvalue weighted by molar-refractivity contribution is 0.174. The first-order chi connectivity index (χ1) is 13.8. The van der Waals surface area contributed by atoms with E-state index in [9.17, 15) is 5.11 Å². The van der Waals surface area contributed by atoms with Crippen molar-refractivity contribution in [2.75, 3.05) is 44.5 Å². The molecule has 0 bridgehead atoms. The molecule has 28 heavy (non-hydrogen) atoms. The summed E-state index contributed by atoms with van der Waals surface area (Å²) in [6, 6.07) is 6.14. The van der Waals surface area contributed by atoms with E-state index in [1.807, 2.05) is 10.6 Å². The maximum atomic E-state index is 9.19. The van der Waals surface area contributed by atoms with Crippen LogP contribution in [0.1, 0.15) is 5.56 Å².